The van der Waals surface area contributed by atoms with E-state index in [1.807, 2.05) is 98.9 Å². The van der Waals surface area contributed by atoms with Gasteiger partial charge in [-0.25, -0.2) is 14.8 Å². The number of rotatable bonds is 14. The van der Waals surface area contributed by atoms with Gasteiger partial charge < -0.3 is 20.1 Å². The van der Waals surface area contributed by atoms with Crippen molar-refractivity contribution in [3.05, 3.63) is 124 Å². The average molecular weight is 1030 g/mol. The molecule has 0 saturated carbocycles. The highest BCUT2D eigenvalue weighted by atomic mass is 32.1. The number of thiazole rings is 1. The summed E-state index contributed by atoms with van der Waals surface area (Å²) in [5.41, 5.74) is 7.93. The number of aromatic nitrogens is 4. The van der Waals surface area contributed by atoms with Crippen molar-refractivity contribution in [3.63, 3.8) is 0 Å². The lowest BCUT2D eigenvalue weighted by molar-refractivity contribution is -0.134. The van der Waals surface area contributed by atoms with Crippen LogP contribution in [0, 0.1) is 18.8 Å². The van der Waals surface area contributed by atoms with E-state index in [0.29, 0.717) is 83.6 Å². The molecular weight excluding hydrogens is 967 g/mol. The van der Waals surface area contributed by atoms with Crippen molar-refractivity contribution in [1.29, 1.82) is 0 Å². The predicted octanol–water partition coefficient (Wildman–Crippen LogP) is 9.64. The lowest BCUT2D eigenvalue weighted by atomic mass is 9.80. The van der Waals surface area contributed by atoms with Crippen molar-refractivity contribution in [2.24, 2.45) is 18.9 Å². The third-order valence-corrected chi connectivity index (χ3v) is 16.2. The first-order chi connectivity index (χ1) is 36.0. The zero-order valence-electron chi connectivity index (χ0n) is 43.3. The number of hydrogen-bond donors (Lipinski definition) is 4. The largest absolute Gasteiger partial charge is 0.493 e. The van der Waals surface area contributed by atoms with E-state index in [2.05, 4.69) is 63.5 Å². The molecule has 0 radical (unpaired) electrons. The number of benzene rings is 4. The standard InChI is InChI=1S/C58H63N9O7S/c1-33(35-21-25-66(26-22-35)32-50(69)59-37-17-18-40-45(29-37)65(6)64-52(40)41-19-20-49(68)62-55(41)71)24-28-74-46-15-10-12-38(34(46)2)51-43(58(3,4)5)30-48(61-53(51)56(72)73)67-27-23-36-11-9-13-39(42(36)31-67)54(70)63-57-60-44-14-7-8-16-47(44)75-57/h7-18,29-30,33,35,41H,19-28,31-32H2,1-6H3,(H,59,69)(H,72,73)(H,60,63,70)(H,62,68,71)/t33-,41?/m0/s1. The molecule has 0 spiro atoms. The number of likely N-dealkylation sites (tertiary alicyclic amines) is 1. The van der Waals surface area contributed by atoms with Crippen LogP contribution in [0.1, 0.15) is 115 Å². The molecule has 388 valence electrons. The van der Waals surface area contributed by atoms with Crippen molar-refractivity contribution in [2.75, 3.05) is 48.3 Å². The minimum Gasteiger partial charge on any atom is -0.493 e. The van der Waals surface area contributed by atoms with Crippen LogP contribution in [0.2, 0.25) is 0 Å². The number of imide groups is 1. The first-order valence-corrected chi connectivity index (χ1v) is 26.7. The van der Waals surface area contributed by atoms with Gasteiger partial charge in [-0.2, -0.15) is 5.10 Å². The van der Waals surface area contributed by atoms with Crippen LogP contribution in [0.25, 0.3) is 32.2 Å². The van der Waals surface area contributed by atoms with Crippen LogP contribution >= 0.6 is 11.3 Å². The van der Waals surface area contributed by atoms with Crippen LogP contribution in [0.5, 0.6) is 5.75 Å². The Bertz CT molecular complexity index is 3350. The molecule has 2 saturated heterocycles. The van der Waals surface area contributed by atoms with Crippen molar-refractivity contribution >= 4 is 78.7 Å². The van der Waals surface area contributed by atoms with Crippen LogP contribution in [0.15, 0.2) is 84.9 Å². The summed E-state index contributed by atoms with van der Waals surface area (Å²) in [6.45, 7) is 13.9. The molecule has 10 rings (SSSR count). The molecule has 75 heavy (non-hydrogen) atoms. The summed E-state index contributed by atoms with van der Waals surface area (Å²) < 4.78 is 9.21. The smallest absolute Gasteiger partial charge is 0.355 e. The van der Waals surface area contributed by atoms with E-state index >= 15 is 0 Å². The Hall–Kier alpha value is -7.50. The molecule has 3 aliphatic rings. The van der Waals surface area contributed by atoms with E-state index < -0.39 is 17.3 Å². The molecular formula is C58H63N9O7S. The first-order valence-electron chi connectivity index (χ1n) is 25.9. The second-order valence-corrected chi connectivity index (χ2v) is 22.3. The number of carboxylic acid groups (broad SMARTS) is 1. The van der Waals surface area contributed by atoms with Gasteiger partial charge in [0.05, 0.1) is 40.5 Å². The highest BCUT2D eigenvalue weighted by Gasteiger charge is 2.34. The summed E-state index contributed by atoms with van der Waals surface area (Å²) in [4.78, 5) is 78.5. The lowest BCUT2D eigenvalue weighted by Crippen LogP contribution is -2.40. The third-order valence-electron chi connectivity index (χ3n) is 15.3. The van der Waals surface area contributed by atoms with Gasteiger partial charge in [0.1, 0.15) is 11.6 Å². The van der Waals surface area contributed by atoms with Gasteiger partial charge in [-0.15, -0.1) is 0 Å². The van der Waals surface area contributed by atoms with Gasteiger partial charge >= 0.3 is 5.97 Å². The molecule has 4 aromatic carbocycles. The number of nitrogens with zero attached hydrogens (tertiary/aromatic N) is 6. The Labute approximate surface area is 439 Å². The molecule has 1 unspecified atom stereocenters. The highest BCUT2D eigenvalue weighted by molar-refractivity contribution is 7.22. The van der Waals surface area contributed by atoms with E-state index in [0.717, 1.165) is 81.3 Å². The zero-order valence-corrected chi connectivity index (χ0v) is 44.1. The van der Waals surface area contributed by atoms with Gasteiger partial charge in [-0.1, -0.05) is 75.4 Å². The number of para-hydroxylation sites is 1. The SMILES string of the molecule is Cc1c(OCC[C@H](C)C2CCN(CC(=O)Nc3ccc4c(C5CCC(=O)NC5=O)nn(C)c4c3)CC2)cccc1-c1c(C(C)(C)C)cc(N2CCc3cccc(C(=O)Nc4nc5ccccc5s4)c3C2)nc1C(=O)O. The number of aromatic carboxylic acids is 1. The monoisotopic (exact) mass is 1030 g/mol. The fraction of sp³-hybridized carbons (Fsp3) is 0.379. The molecule has 3 aromatic heterocycles. The number of piperidine rings is 2. The molecule has 2 atom stereocenters. The average Bonchev–Trinajstić information content (AvgIpc) is 3.95. The van der Waals surface area contributed by atoms with Crippen LogP contribution in [0.4, 0.5) is 16.6 Å². The number of ether oxygens (including phenoxy) is 1. The maximum atomic E-state index is 13.8. The second kappa shape index (κ2) is 21.0. The fourth-order valence-electron chi connectivity index (χ4n) is 11.1. The van der Waals surface area contributed by atoms with Gasteiger partial charge in [0.2, 0.25) is 17.7 Å². The van der Waals surface area contributed by atoms with E-state index in [1.54, 1.807) is 4.68 Å². The number of pyridine rings is 1. The summed E-state index contributed by atoms with van der Waals surface area (Å²) >= 11 is 1.43. The zero-order chi connectivity index (χ0) is 52.7. The number of amides is 4. The Morgan fingerprint density at radius 3 is 2.47 bits per heavy atom. The molecule has 7 aromatic rings. The number of carbonyl (C=O) groups is 5. The molecule has 0 bridgehead atoms. The van der Waals surface area contributed by atoms with Gasteiger partial charge in [0, 0.05) is 48.8 Å². The number of hydrogen-bond acceptors (Lipinski definition) is 12. The van der Waals surface area contributed by atoms with Crippen LogP contribution in [0.3, 0.4) is 0 Å². The molecule has 4 amide bonds. The molecule has 17 heteroatoms. The second-order valence-electron chi connectivity index (χ2n) is 21.3. The minimum atomic E-state index is -1.12. The summed E-state index contributed by atoms with van der Waals surface area (Å²) in [5, 5.41) is 25.3. The van der Waals surface area contributed by atoms with Gasteiger partial charge in [-0.3, -0.25) is 39.4 Å². The van der Waals surface area contributed by atoms with Gasteiger partial charge in [0.25, 0.3) is 5.91 Å². The summed E-state index contributed by atoms with van der Waals surface area (Å²) in [7, 11) is 1.81. The van der Waals surface area contributed by atoms with Crippen molar-refractivity contribution in [1.82, 2.24) is 30.0 Å². The number of aryl methyl sites for hydroxylation is 1. The normalized spacial score (nSPS) is 16.9. The molecule has 16 nitrogen and oxygen atoms in total. The van der Waals surface area contributed by atoms with E-state index in [1.165, 1.54) is 11.3 Å². The fourth-order valence-corrected chi connectivity index (χ4v) is 11.9. The van der Waals surface area contributed by atoms with Crippen molar-refractivity contribution < 1.29 is 33.8 Å². The van der Waals surface area contributed by atoms with E-state index in [9.17, 15) is 29.1 Å². The van der Waals surface area contributed by atoms with Gasteiger partial charge in [0.15, 0.2) is 10.8 Å². The van der Waals surface area contributed by atoms with Crippen molar-refractivity contribution in [3.8, 4) is 16.9 Å². The number of fused-ring (bicyclic) bond motifs is 3. The summed E-state index contributed by atoms with van der Waals surface area (Å²) in [5.74, 6) is -0.451. The van der Waals surface area contributed by atoms with E-state index in [4.69, 9.17) is 9.72 Å². The van der Waals surface area contributed by atoms with Crippen LogP contribution in [-0.2, 0) is 39.8 Å². The third kappa shape index (κ3) is 10.7. The maximum Gasteiger partial charge on any atom is 0.355 e. The topological polar surface area (TPSA) is 201 Å². The van der Waals surface area contributed by atoms with Crippen molar-refractivity contribution in [2.45, 2.75) is 91.0 Å². The Kier molecular flexibility index (Phi) is 14.3. The van der Waals surface area contributed by atoms with Gasteiger partial charge in [-0.05, 0) is 146 Å². The van der Waals surface area contributed by atoms with E-state index in [-0.39, 0.29) is 42.3 Å². The van der Waals surface area contributed by atoms with Crippen LogP contribution in [-0.4, -0.2) is 92.1 Å². The number of carboxylic acids is 1. The Morgan fingerprint density at radius 1 is 0.920 bits per heavy atom. The number of nitrogens with one attached hydrogen (secondary N) is 3. The molecule has 4 N–H and O–H groups in total. The predicted molar refractivity (Wildman–Crippen MR) is 292 cm³/mol. The molecule has 2 fully saturated rings. The molecule has 6 heterocycles. The Balaban J connectivity index is 0.764. The number of anilines is 3. The maximum absolute atomic E-state index is 13.8. The van der Waals surface area contributed by atoms with Crippen LogP contribution < -0.4 is 25.6 Å². The molecule has 0 aliphatic carbocycles. The quantitative estimate of drug-likeness (QED) is 0.0753. The minimum absolute atomic E-state index is 0.0314. The Morgan fingerprint density at radius 2 is 1.71 bits per heavy atom. The highest BCUT2D eigenvalue weighted by Crippen LogP contribution is 2.42. The lowest BCUT2D eigenvalue weighted by Gasteiger charge is -2.34. The number of carbonyl (C=O) groups excluding carboxylic acids is 4. The first kappa shape index (κ1) is 51.0. The summed E-state index contributed by atoms with van der Waals surface area (Å²) in [6, 6.07) is 27.0. The molecule has 3 aliphatic heterocycles. The summed E-state index contributed by atoms with van der Waals surface area (Å²) in [6.07, 6.45) is 4.12.